The van der Waals surface area contributed by atoms with E-state index in [2.05, 4.69) is 10.6 Å². The van der Waals surface area contributed by atoms with Gasteiger partial charge >= 0.3 is 18.0 Å². The maximum Gasteiger partial charge on any atom is 0.343 e. The molecule has 8 heteroatoms. The summed E-state index contributed by atoms with van der Waals surface area (Å²) in [5.74, 6) is -1.32. The molecular formula is C22H21FN2O5. The highest BCUT2D eigenvalue weighted by Gasteiger charge is 2.33. The van der Waals surface area contributed by atoms with E-state index < -0.39 is 29.8 Å². The highest BCUT2D eigenvalue weighted by atomic mass is 19.1. The molecule has 2 amide bonds. The molecule has 3 rings (SSSR count). The third-order valence-electron chi connectivity index (χ3n) is 4.51. The molecular weight excluding hydrogens is 391 g/mol. The van der Waals surface area contributed by atoms with E-state index in [-0.39, 0.29) is 17.9 Å². The topological polar surface area (TPSA) is 93.7 Å². The zero-order valence-corrected chi connectivity index (χ0v) is 16.5. The summed E-state index contributed by atoms with van der Waals surface area (Å²) in [4.78, 5) is 36.7. The van der Waals surface area contributed by atoms with Crippen LogP contribution >= 0.6 is 0 Å². The number of urea groups is 1. The molecule has 0 aromatic heterocycles. The SMILES string of the molecule is CCOC(=O)C1=C(CC)NC(=O)NC1c1ccc(OC(=O)c2ccc(F)cc2)cc1. The van der Waals surface area contributed by atoms with Gasteiger partial charge in [-0.25, -0.2) is 18.8 Å². The van der Waals surface area contributed by atoms with Gasteiger partial charge in [-0.3, -0.25) is 0 Å². The maximum atomic E-state index is 13.0. The molecule has 2 aromatic carbocycles. The van der Waals surface area contributed by atoms with Crippen LogP contribution in [0.1, 0.15) is 42.2 Å². The van der Waals surface area contributed by atoms with Crippen LogP contribution in [0, 0.1) is 5.82 Å². The molecule has 0 fully saturated rings. The lowest BCUT2D eigenvalue weighted by Crippen LogP contribution is -2.45. The van der Waals surface area contributed by atoms with Crippen LogP contribution < -0.4 is 15.4 Å². The first-order valence-electron chi connectivity index (χ1n) is 9.48. The lowest BCUT2D eigenvalue weighted by Gasteiger charge is -2.29. The van der Waals surface area contributed by atoms with Crippen molar-refractivity contribution in [1.82, 2.24) is 10.6 Å². The zero-order valence-electron chi connectivity index (χ0n) is 16.5. The molecule has 0 saturated heterocycles. The molecule has 1 aliphatic heterocycles. The van der Waals surface area contributed by atoms with Crippen molar-refractivity contribution < 1.29 is 28.2 Å². The number of amides is 2. The van der Waals surface area contributed by atoms with Gasteiger partial charge in [0, 0.05) is 5.70 Å². The van der Waals surface area contributed by atoms with Crippen LogP contribution in [0.3, 0.4) is 0 Å². The molecule has 7 nitrogen and oxygen atoms in total. The Balaban J connectivity index is 1.82. The first-order valence-corrected chi connectivity index (χ1v) is 9.48. The van der Waals surface area contributed by atoms with Crippen molar-refractivity contribution in [3.8, 4) is 5.75 Å². The van der Waals surface area contributed by atoms with Gasteiger partial charge in [0.25, 0.3) is 0 Å². The van der Waals surface area contributed by atoms with Crippen LogP contribution in [0.5, 0.6) is 5.75 Å². The van der Waals surface area contributed by atoms with Gasteiger partial charge in [-0.1, -0.05) is 19.1 Å². The molecule has 0 spiro atoms. The first-order chi connectivity index (χ1) is 14.4. The highest BCUT2D eigenvalue weighted by molar-refractivity contribution is 5.95. The van der Waals surface area contributed by atoms with Crippen LogP contribution in [-0.2, 0) is 9.53 Å². The second-order valence-corrected chi connectivity index (χ2v) is 6.46. The average Bonchev–Trinajstić information content (AvgIpc) is 2.74. The predicted molar refractivity (Wildman–Crippen MR) is 106 cm³/mol. The van der Waals surface area contributed by atoms with Crippen LogP contribution in [0.4, 0.5) is 9.18 Å². The summed E-state index contributed by atoms with van der Waals surface area (Å²) in [5.41, 5.74) is 1.66. The number of benzene rings is 2. The summed E-state index contributed by atoms with van der Waals surface area (Å²) in [6.07, 6.45) is 0.450. The van der Waals surface area contributed by atoms with E-state index in [4.69, 9.17) is 9.47 Å². The van der Waals surface area contributed by atoms with Crippen molar-refractivity contribution in [2.45, 2.75) is 26.3 Å². The van der Waals surface area contributed by atoms with Gasteiger partial charge in [0.15, 0.2) is 0 Å². The van der Waals surface area contributed by atoms with E-state index in [1.165, 1.54) is 24.3 Å². The number of carbonyl (C=O) groups is 3. The Morgan fingerprint density at radius 1 is 1.00 bits per heavy atom. The van der Waals surface area contributed by atoms with E-state index in [0.717, 1.165) is 0 Å². The zero-order chi connectivity index (χ0) is 21.7. The van der Waals surface area contributed by atoms with Gasteiger partial charge in [-0.15, -0.1) is 0 Å². The molecule has 156 valence electrons. The number of halogens is 1. The largest absolute Gasteiger partial charge is 0.463 e. The Labute approximate surface area is 172 Å². The molecule has 0 radical (unpaired) electrons. The molecule has 1 atom stereocenters. The monoisotopic (exact) mass is 412 g/mol. The number of esters is 2. The van der Waals surface area contributed by atoms with E-state index in [9.17, 15) is 18.8 Å². The van der Waals surface area contributed by atoms with Crippen molar-refractivity contribution in [2.75, 3.05) is 6.61 Å². The summed E-state index contributed by atoms with van der Waals surface area (Å²) in [6.45, 7) is 3.74. The second kappa shape index (κ2) is 9.21. The normalized spacial score (nSPS) is 15.8. The Morgan fingerprint density at radius 2 is 1.67 bits per heavy atom. The van der Waals surface area contributed by atoms with Gasteiger partial charge in [0.2, 0.25) is 0 Å². The molecule has 0 aliphatic carbocycles. The lowest BCUT2D eigenvalue weighted by atomic mass is 9.94. The summed E-state index contributed by atoms with van der Waals surface area (Å²) in [6, 6.07) is 10.3. The van der Waals surface area contributed by atoms with E-state index in [1.54, 1.807) is 31.2 Å². The van der Waals surface area contributed by atoms with Crippen molar-refractivity contribution in [3.05, 3.63) is 76.7 Å². The fraction of sp³-hybridized carbons (Fsp3) is 0.227. The van der Waals surface area contributed by atoms with E-state index in [0.29, 0.717) is 23.3 Å². The molecule has 0 saturated carbocycles. The summed E-state index contributed by atoms with van der Waals surface area (Å²) in [5, 5.41) is 5.37. The Bertz CT molecular complexity index is 984. The minimum atomic E-state index is -0.699. The first kappa shape index (κ1) is 21.0. The number of rotatable bonds is 6. The quantitative estimate of drug-likeness (QED) is 0.558. The summed E-state index contributed by atoms with van der Waals surface area (Å²) >= 11 is 0. The molecule has 1 unspecified atom stereocenters. The molecule has 2 N–H and O–H groups in total. The maximum absolute atomic E-state index is 13.0. The molecule has 30 heavy (non-hydrogen) atoms. The van der Waals surface area contributed by atoms with Crippen molar-refractivity contribution in [1.29, 1.82) is 0 Å². The highest BCUT2D eigenvalue weighted by Crippen LogP contribution is 2.30. The Kier molecular flexibility index (Phi) is 6.46. The Morgan fingerprint density at radius 3 is 2.27 bits per heavy atom. The number of allylic oxidation sites excluding steroid dienone is 1. The van der Waals surface area contributed by atoms with Gasteiger partial charge in [-0.2, -0.15) is 0 Å². The third-order valence-corrected chi connectivity index (χ3v) is 4.51. The molecule has 1 heterocycles. The fourth-order valence-electron chi connectivity index (χ4n) is 3.08. The number of carbonyl (C=O) groups excluding carboxylic acids is 3. The second-order valence-electron chi connectivity index (χ2n) is 6.46. The van der Waals surface area contributed by atoms with Crippen LogP contribution in [0.2, 0.25) is 0 Å². The minimum absolute atomic E-state index is 0.207. The van der Waals surface area contributed by atoms with Gasteiger partial charge in [-0.05, 0) is 55.3 Å². The average molecular weight is 412 g/mol. The van der Waals surface area contributed by atoms with E-state index in [1.807, 2.05) is 6.92 Å². The van der Waals surface area contributed by atoms with Gasteiger partial charge in [0.05, 0.1) is 23.8 Å². The molecule has 2 aromatic rings. The predicted octanol–water partition coefficient (Wildman–Crippen LogP) is 3.63. The van der Waals surface area contributed by atoms with E-state index >= 15 is 0 Å². The van der Waals surface area contributed by atoms with Gasteiger partial charge in [0.1, 0.15) is 11.6 Å². The van der Waals surface area contributed by atoms with Crippen LogP contribution in [-0.4, -0.2) is 24.6 Å². The number of ether oxygens (including phenoxy) is 2. The molecule has 1 aliphatic rings. The lowest BCUT2D eigenvalue weighted by molar-refractivity contribution is -0.139. The number of nitrogens with one attached hydrogen (secondary N) is 2. The summed E-state index contributed by atoms with van der Waals surface area (Å²) in [7, 11) is 0. The fourth-order valence-corrected chi connectivity index (χ4v) is 3.08. The van der Waals surface area contributed by atoms with Crippen LogP contribution in [0.25, 0.3) is 0 Å². The number of hydrogen-bond acceptors (Lipinski definition) is 5. The van der Waals surface area contributed by atoms with Crippen molar-refractivity contribution in [2.24, 2.45) is 0 Å². The van der Waals surface area contributed by atoms with Crippen molar-refractivity contribution in [3.63, 3.8) is 0 Å². The summed E-state index contributed by atoms with van der Waals surface area (Å²) < 4.78 is 23.4. The molecule has 0 bridgehead atoms. The standard InChI is InChI=1S/C22H21FN2O5/c1-3-17-18(21(27)29-4-2)19(25-22(28)24-17)13-7-11-16(12-8-13)30-20(26)14-5-9-15(23)10-6-14/h5-12,19H,3-4H2,1-2H3,(H2,24,25,28). The number of hydrogen-bond donors (Lipinski definition) is 2. The minimum Gasteiger partial charge on any atom is -0.463 e. The van der Waals surface area contributed by atoms with Crippen LogP contribution in [0.15, 0.2) is 59.8 Å². The van der Waals surface area contributed by atoms with Gasteiger partial charge < -0.3 is 20.1 Å². The third kappa shape index (κ3) is 4.65. The Hall–Kier alpha value is -3.68. The smallest absolute Gasteiger partial charge is 0.343 e. The van der Waals surface area contributed by atoms with Crippen molar-refractivity contribution >= 4 is 18.0 Å².